The number of aromatic nitrogens is 1. The van der Waals surface area contributed by atoms with Gasteiger partial charge in [0, 0.05) is 5.92 Å². The number of carbonyl (C=O) groups excluding carboxylic acids is 2. The molecule has 0 atom stereocenters. The lowest BCUT2D eigenvalue weighted by Crippen LogP contribution is -2.15. The molecule has 2 aromatic rings. The minimum absolute atomic E-state index is 0.0308. The maximum Gasteiger partial charge on any atom is 0.302 e. The number of rotatable bonds is 5. The quantitative estimate of drug-likeness (QED) is 0.884. The lowest BCUT2D eigenvalue weighted by molar-refractivity contribution is -0.117. The molecule has 2 amide bonds. The first-order valence-electron chi connectivity index (χ1n) is 7.29. The van der Waals surface area contributed by atoms with Gasteiger partial charge in [-0.15, -0.1) is 0 Å². The Morgan fingerprint density at radius 1 is 1.30 bits per heavy atom. The van der Waals surface area contributed by atoms with Crippen LogP contribution in [-0.4, -0.2) is 23.9 Å². The molecule has 1 fully saturated rings. The van der Waals surface area contributed by atoms with E-state index in [0.29, 0.717) is 11.4 Å². The summed E-state index contributed by atoms with van der Waals surface area (Å²) in [6.07, 6.45) is 2.97. The Kier molecular flexibility index (Phi) is 4.01. The zero-order valence-electron chi connectivity index (χ0n) is 12.9. The first kappa shape index (κ1) is 15.1. The van der Waals surface area contributed by atoms with Crippen molar-refractivity contribution < 1.29 is 18.7 Å². The molecule has 0 spiro atoms. The third kappa shape index (κ3) is 3.50. The molecule has 1 aliphatic carbocycles. The van der Waals surface area contributed by atoms with Crippen molar-refractivity contribution in [3.63, 3.8) is 0 Å². The van der Waals surface area contributed by atoms with Crippen LogP contribution >= 0.6 is 0 Å². The molecule has 0 bridgehead atoms. The highest BCUT2D eigenvalue weighted by Gasteiger charge is 2.30. The number of benzene rings is 1. The number of carbonyl (C=O) groups is 2. The number of nitrogens with one attached hydrogen (secondary N) is 2. The first-order chi connectivity index (χ1) is 11.1. The summed E-state index contributed by atoms with van der Waals surface area (Å²) in [6, 6.07) is 5.49. The molecule has 7 heteroatoms. The van der Waals surface area contributed by atoms with E-state index in [1.807, 2.05) is 13.0 Å². The average molecular weight is 315 g/mol. The maximum absolute atomic E-state index is 12.2. The second kappa shape index (κ2) is 6.12. The topological polar surface area (TPSA) is 93.5 Å². The van der Waals surface area contributed by atoms with Gasteiger partial charge in [0.25, 0.3) is 5.91 Å². The van der Waals surface area contributed by atoms with Crippen LogP contribution in [0.4, 0.5) is 11.7 Å². The summed E-state index contributed by atoms with van der Waals surface area (Å²) >= 11 is 0. The van der Waals surface area contributed by atoms with Gasteiger partial charge < -0.3 is 14.5 Å². The highest BCUT2D eigenvalue weighted by molar-refractivity contribution is 6.04. The Morgan fingerprint density at radius 3 is 2.78 bits per heavy atom. The largest absolute Gasteiger partial charge is 0.495 e. The molecule has 0 unspecified atom stereocenters. The molecule has 3 rings (SSSR count). The molecule has 1 saturated carbocycles. The van der Waals surface area contributed by atoms with Gasteiger partial charge in [-0.3, -0.25) is 14.9 Å². The van der Waals surface area contributed by atoms with Gasteiger partial charge in [-0.25, -0.2) is 0 Å². The van der Waals surface area contributed by atoms with E-state index < -0.39 is 5.91 Å². The zero-order valence-corrected chi connectivity index (χ0v) is 12.9. The number of aryl methyl sites for hydroxylation is 1. The van der Waals surface area contributed by atoms with E-state index in [1.54, 1.807) is 12.1 Å². The molecule has 120 valence electrons. The molecule has 0 saturated heterocycles. The van der Waals surface area contributed by atoms with Crippen LogP contribution in [0, 0.1) is 12.8 Å². The molecular formula is C16H17N3O4. The molecule has 0 aliphatic heterocycles. The third-order valence-corrected chi connectivity index (χ3v) is 3.52. The number of methoxy groups -OCH3 is 1. The van der Waals surface area contributed by atoms with Crippen molar-refractivity contribution in [1.82, 2.24) is 4.98 Å². The lowest BCUT2D eigenvalue weighted by atomic mass is 10.2. The van der Waals surface area contributed by atoms with Crippen LogP contribution in [0.25, 0.3) is 0 Å². The standard InChI is InChI=1S/C16H17N3O4/c1-9-3-6-13(22-2)11(7-9)17-15(21)12-8-23-16(18-12)19-14(20)10-4-5-10/h3,6-8,10H,4-5H2,1-2H3,(H,17,21)(H,18,19,20). The molecule has 2 N–H and O–H groups in total. The minimum Gasteiger partial charge on any atom is -0.495 e. The van der Waals surface area contributed by atoms with Crippen LogP contribution in [0.2, 0.25) is 0 Å². The van der Waals surface area contributed by atoms with Crippen LogP contribution in [-0.2, 0) is 4.79 Å². The number of oxazole rings is 1. The van der Waals surface area contributed by atoms with E-state index in [9.17, 15) is 9.59 Å². The molecule has 1 aliphatic rings. The molecule has 23 heavy (non-hydrogen) atoms. The fourth-order valence-corrected chi connectivity index (χ4v) is 2.09. The predicted octanol–water partition coefficient (Wildman–Crippen LogP) is 2.59. The molecular weight excluding hydrogens is 298 g/mol. The third-order valence-electron chi connectivity index (χ3n) is 3.52. The summed E-state index contributed by atoms with van der Waals surface area (Å²) in [5.74, 6) is 0.0224. The van der Waals surface area contributed by atoms with E-state index >= 15 is 0 Å². The van der Waals surface area contributed by atoms with Gasteiger partial charge in [-0.05, 0) is 37.5 Å². The molecule has 1 aromatic heterocycles. The number of hydrogen-bond donors (Lipinski definition) is 2. The number of amides is 2. The highest BCUT2D eigenvalue weighted by Crippen LogP contribution is 2.30. The summed E-state index contributed by atoms with van der Waals surface area (Å²) in [5.41, 5.74) is 1.61. The van der Waals surface area contributed by atoms with E-state index in [-0.39, 0.29) is 23.5 Å². The Labute approximate surface area is 133 Å². The Morgan fingerprint density at radius 2 is 2.09 bits per heavy atom. The van der Waals surface area contributed by atoms with E-state index in [4.69, 9.17) is 9.15 Å². The van der Waals surface area contributed by atoms with Gasteiger partial charge in [0.05, 0.1) is 12.8 Å². The van der Waals surface area contributed by atoms with Crippen LogP contribution in [0.5, 0.6) is 5.75 Å². The van der Waals surface area contributed by atoms with Crippen molar-refractivity contribution in [3.8, 4) is 5.75 Å². The summed E-state index contributed by atoms with van der Waals surface area (Å²) in [7, 11) is 1.53. The van der Waals surface area contributed by atoms with Gasteiger partial charge in [0.1, 0.15) is 12.0 Å². The van der Waals surface area contributed by atoms with E-state index in [2.05, 4.69) is 15.6 Å². The summed E-state index contributed by atoms with van der Waals surface area (Å²) in [4.78, 5) is 27.9. The summed E-state index contributed by atoms with van der Waals surface area (Å²) in [5, 5.41) is 5.27. The van der Waals surface area contributed by atoms with Crippen LogP contribution in [0.15, 0.2) is 28.9 Å². The van der Waals surface area contributed by atoms with Gasteiger partial charge in [0.15, 0.2) is 5.69 Å². The lowest BCUT2D eigenvalue weighted by Gasteiger charge is -2.09. The smallest absolute Gasteiger partial charge is 0.302 e. The SMILES string of the molecule is COc1ccc(C)cc1NC(=O)c1coc(NC(=O)C2CC2)n1. The summed E-state index contributed by atoms with van der Waals surface area (Å²) < 4.78 is 10.3. The normalized spacial score (nSPS) is 13.5. The van der Waals surface area contributed by atoms with Crippen molar-refractivity contribution >= 4 is 23.5 Å². The number of anilines is 2. The van der Waals surface area contributed by atoms with Gasteiger partial charge >= 0.3 is 6.01 Å². The monoisotopic (exact) mass is 315 g/mol. The minimum atomic E-state index is -0.440. The second-order valence-corrected chi connectivity index (χ2v) is 5.46. The number of hydrogen-bond acceptors (Lipinski definition) is 5. The summed E-state index contributed by atoms with van der Waals surface area (Å²) in [6.45, 7) is 1.91. The zero-order chi connectivity index (χ0) is 16.4. The van der Waals surface area contributed by atoms with Crippen LogP contribution in [0.3, 0.4) is 0 Å². The molecule has 1 aromatic carbocycles. The van der Waals surface area contributed by atoms with Crippen molar-refractivity contribution in [2.45, 2.75) is 19.8 Å². The second-order valence-electron chi connectivity index (χ2n) is 5.46. The number of ether oxygens (including phenoxy) is 1. The highest BCUT2D eigenvalue weighted by atomic mass is 16.5. The maximum atomic E-state index is 12.2. The van der Waals surface area contributed by atoms with Gasteiger partial charge in [-0.1, -0.05) is 6.07 Å². The van der Waals surface area contributed by atoms with E-state index in [0.717, 1.165) is 18.4 Å². The van der Waals surface area contributed by atoms with Crippen molar-refractivity contribution in [3.05, 3.63) is 35.7 Å². The number of nitrogens with zero attached hydrogens (tertiary/aromatic N) is 1. The fourth-order valence-electron chi connectivity index (χ4n) is 2.09. The van der Waals surface area contributed by atoms with Crippen molar-refractivity contribution in [2.24, 2.45) is 5.92 Å². The average Bonchev–Trinajstić information content (AvgIpc) is 3.28. The Bertz CT molecular complexity index is 750. The molecule has 7 nitrogen and oxygen atoms in total. The molecule has 0 radical (unpaired) electrons. The fraction of sp³-hybridized carbons (Fsp3) is 0.312. The van der Waals surface area contributed by atoms with Gasteiger partial charge in [-0.2, -0.15) is 4.98 Å². The Hall–Kier alpha value is -2.83. The predicted molar refractivity (Wildman–Crippen MR) is 83.5 cm³/mol. The van der Waals surface area contributed by atoms with Crippen molar-refractivity contribution in [2.75, 3.05) is 17.7 Å². The Balaban J connectivity index is 1.70. The van der Waals surface area contributed by atoms with Gasteiger partial charge in [0.2, 0.25) is 5.91 Å². The molecule has 1 heterocycles. The van der Waals surface area contributed by atoms with Crippen LogP contribution < -0.4 is 15.4 Å². The first-order valence-corrected chi connectivity index (χ1v) is 7.29. The van der Waals surface area contributed by atoms with Crippen LogP contribution in [0.1, 0.15) is 28.9 Å². The van der Waals surface area contributed by atoms with Crippen molar-refractivity contribution in [1.29, 1.82) is 0 Å². The van der Waals surface area contributed by atoms with E-state index in [1.165, 1.54) is 13.4 Å².